The first-order valence-corrected chi connectivity index (χ1v) is 11.5. The number of aromatic nitrogens is 1. The maximum Gasteiger partial charge on any atom is 0.409 e. The first-order valence-electron chi connectivity index (χ1n) is 11.5. The van der Waals surface area contributed by atoms with Crippen LogP contribution in [0.15, 0.2) is 24.4 Å². The van der Waals surface area contributed by atoms with Crippen molar-refractivity contribution >= 4 is 6.09 Å². The molecule has 1 atom stereocenters. The van der Waals surface area contributed by atoms with Crippen molar-refractivity contribution in [3.05, 3.63) is 30.1 Å². The van der Waals surface area contributed by atoms with Gasteiger partial charge < -0.3 is 19.3 Å². The second-order valence-corrected chi connectivity index (χ2v) is 9.60. The highest BCUT2D eigenvalue weighted by molar-refractivity contribution is 5.68. The van der Waals surface area contributed by atoms with Gasteiger partial charge in [-0.25, -0.2) is 4.79 Å². The van der Waals surface area contributed by atoms with E-state index in [1.165, 1.54) is 12.8 Å². The van der Waals surface area contributed by atoms with Crippen LogP contribution in [0.3, 0.4) is 0 Å². The van der Waals surface area contributed by atoms with Crippen LogP contribution in [0.5, 0.6) is 0 Å². The number of carbonyl (C=O) groups is 1. The summed E-state index contributed by atoms with van der Waals surface area (Å²) in [6.07, 6.45) is 8.38. The van der Waals surface area contributed by atoms with E-state index in [2.05, 4.69) is 27.3 Å². The average Bonchev–Trinajstić information content (AvgIpc) is 3.35. The summed E-state index contributed by atoms with van der Waals surface area (Å²) in [5.41, 5.74) is 1.42. The molecule has 3 saturated heterocycles. The number of piperidine rings is 1. The van der Waals surface area contributed by atoms with E-state index in [1.807, 2.05) is 24.1 Å². The standard InChI is InChI=1S/C23H34N4O3/c1-2-29-21(28)27-10-6-22(16-27)14-19(15-22)26-11-7-23(8-12-26)20(25-17-30-23)13-18-5-3-4-9-24-18/h3-5,9,19-20,25H,2,6-8,10-17H2,1H3. The maximum absolute atomic E-state index is 12.0. The first kappa shape index (κ1) is 20.2. The third-order valence-corrected chi connectivity index (χ3v) is 7.93. The monoisotopic (exact) mass is 414 g/mol. The van der Waals surface area contributed by atoms with Gasteiger partial charge in [-0.05, 0) is 56.6 Å². The second-order valence-electron chi connectivity index (χ2n) is 9.60. The Kier molecular flexibility index (Phi) is 5.45. The molecule has 1 saturated carbocycles. The van der Waals surface area contributed by atoms with E-state index in [-0.39, 0.29) is 11.7 Å². The molecule has 0 bridgehead atoms. The van der Waals surface area contributed by atoms with E-state index in [1.54, 1.807) is 0 Å². The van der Waals surface area contributed by atoms with Crippen molar-refractivity contribution in [1.82, 2.24) is 20.1 Å². The zero-order chi connectivity index (χ0) is 20.6. The minimum Gasteiger partial charge on any atom is -0.450 e. The summed E-state index contributed by atoms with van der Waals surface area (Å²) in [6, 6.07) is 7.14. The lowest BCUT2D eigenvalue weighted by molar-refractivity contribution is -0.0808. The summed E-state index contributed by atoms with van der Waals surface area (Å²) >= 11 is 0. The summed E-state index contributed by atoms with van der Waals surface area (Å²) in [4.78, 5) is 21.1. The number of hydrogen-bond donors (Lipinski definition) is 1. The van der Waals surface area contributed by atoms with Gasteiger partial charge >= 0.3 is 6.09 Å². The smallest absolute Gasteiger partial charge is 0.409 e. The van der Waals surface area contributed by atoms with Crippen LogP contribution in [0, 0.1) is 5.41 Å². The number of likely N-dealkylation sites (tertiary alicyclic amines) is 2. The molecule has 4 heterocycles. The Bertz CT molecular complexity index is 744. The van der Waals surface area contributed by atoms with Crippen molar-refractivity contribution in [2.24, 2.45) is 5.41 Å². The van der Waals surface area contributed by atoms with Crippen LogP contribution in [-0.2, 0) is 15.9 Å². The van der Waals surface area contributed by atoms with Gasteiger partial charge in [0.05, 0.1) is 18.9 Å². The molecule has 7 heteroatoms. The molecule has 3 aliphatic heterocycles. The Morgan fingerprint density at radius 2 is 2.10 bits per heavy atom. The fourth-order valence-electron chi connectivity index (χ4n) is 6.16. The molecule has 1 aromatic heterocycles. The van der Waals surface area contributed by atoms with Crippen molar-refractivity contribution in [3.63, 3.8) is 0 Å². The summed E-state index contributed by atoms with van der Waals surface area (Å²) in [5.74, 6) is 0. The van der Waals surface area contributed by atoms with Crippen molar-refractivity contribution in [3.8, 4) is 0 Å². The number of rotatable bonds is 4. The lowest BCUT2D eigenvalue weighted by Gasteiger charge is -2.53. The average molecular weight is 415 g/mol. The number of amides is 1. The number of nitrogens with zero attached hydrogens (tertiary/aromatic N) is 3. The number of ether oxygens (including phenoxy) is 2. The highest BCUT2D eigenvalue weighted by Gasteiger charge is 2.53. The van der Waals surface area contributed by atoms with E-state index in [4.69, 9.17) is 9.47 Å². The molecule has 164 valence electrons. The topological polar surface area (TPSA) is 66.9 Å². The van der Waals surface area contributed by atoms with E-state index >= 15 is 0 Å². The molecule has 1 amide bonds. The third kappa shape index (κ3) is 3.72. The molecule has 1 aromatic rings. The predicted molar refractivity (Wildman–Crippen MR) is 113 cm³/mol. The molecule has 4 aliphatic rings. The lowest BCUT2D eigenvalue weighted by Crippen LogP contribution is -2.59. The molecule has 2 spiro atoms. The zero-order valence-electron chi connectivity index (χ0n) is 18.0. The zero-order valence-corrected chi connectivity index (χ0v) is 18.0. The molecular weight excluding hydrogens is 380 g/mol. The molecule has 5 rings (SSSR count). The quantitative estimate of drug-likeness (QED) is 0.816. The number of nitrogens with one attached hydrogen (secondary N) is 1. The largest absolute Gasteiger partial charge is 0.450 e. The minimum atomic E-state index is -0.137. The molecular formula is C23H34N4O3. The molecule has 7 nitrogen and oxygen atoms in total. The Labute approximate surface area is 179 Å². The van der Waals surface area contributed by atoms with E-state index in [0.29, 0.717) is 30.8 Å². The van der Waals surface area contributed by atoms with Gasteiger partial charge in [-0.3, -0.25) is 10.3 Å². The fraction of sp³-hybridized carbons (Fsp3) is 0.739. The van der Waals surface area contributed by atoms with E-state index in [0.717, 1.165) is 57.6 Å². The first-order chi connectivity index (χ1) is 14.6. The van der Waals surface area contributed by atoms with Gasteiger partial charge in [-0.2, -0.15) is 0 Å². The number of carbonyl (C=O) groups excluding carboxylic acids is 1. The van der Waals surface area contributed by atoms with Crippen molar-refractivity contribution in [1.29, 1.82) is 0 Å². The van der Waals surface area contributed by atoms with Gasteiger partial charge in [0.2, 0.25) is 0 Å². The van der Waals surface area contributed by atoms with Crippen LogP contribution in [0.1, 0.15) is 44.7 Å². The molecule has 4 fully saturated rings. The van der Waals surface area contributed by atoms with Crippen LogP contribution in [0.2, 0.25) is 0 Å². The van der Waals surface area contributed by atoms with Gasteiger partial charge in [0.15, 0.2) is 0 Å². The van der Waals surface area contributed by atoms with Crippen molar-refractivity contribution in [2.75, 3.05) is 39.5 Å². The molecule has 0 radical (unpaired) electrons. The van der Waals surface area contributed by atoms with Gasteiger partial charge in [-0.1, -0.05) is 6.07 Å². The Morgan fingerprint density at radius 1 is 1.27 bits per heavy atom. The van der Waals surface area contributed by atoms with Crippen molar-refractivity contribution in [2.45, 2.75) is 63.1 Å². The summed E-state index contributed by atoms with van der Waals surface area (Å²) < 4.78 is 11.5. The predicted octanol–water partition coefficient (Wildman–Crippen LogP) is 2.42. The molecule has 0 aromatic carbocycles. The molecule has 30 heavy (non-hydrogen) atoms. The SMILES string of the molecule is CCOC(=O)N1CCC2(CC(N3CCC4(CC3)OCNC4Cc3ccccn3)C2)C1. The maximum atomic E-state index is 12.0. The molecule has 1 unspecified atom stereocenters. The number of pyridine rings is 1. The summed E-state index contributed by atoms with van der Waals surface area (Å²) in [5, 5.41) is 3.57. The summed E-state index contributed by atoms with van der Waals surface area (Å²) in [7, 11) is 0. The Balaban J connectivity index is 1.13. The van der Waals surface area contributed by atoms with Gasteiger partial charge in [0.1, 0.15) is 0 Å². The van der Waals surface area contributed by atoms with Gasteiger partial charge in [0.25, 0.3) is 0 Å². The van der Waals surface area contributed by atoms with Gasteiger partial charge in [-0.15, -0.1) is 0 Å². The Morgan fingerprint density at radius 3 is 2.83 bits per heavy atom. The van der Waals surface area contributed by atoms with Crippen molar-refractivity contribution < 1.29 is 14.3 Å². The van der Waals surface area contributed by atoms with Crippen LogP contribution < -0.4 is 5.32 Å². The highest BCUT2D eigenvalue weighted by Crippen LogP contribution is 2.51. The summed E-state index contributed by atoms with van der Waals surface area (Å²) in [6.45, 7) is 6.90. The van der Waals surface area contributed by atoms with Gasteiger partial charge in [0, 0.05) is 56.6 Å². The Hall–Kier alpha value is -1.70. The third-order valence-electron chi connectivity index (χ3n) is 7.93. The fourth-order valence-corrected chi connectivity index (χ4v) is 6.16. The van der Waals surface area contributed by atoms with Crippen LogP contribution in [0.25, 0.3) is 0 Å². The molecule has 1 aliphatic carbocycles. The number of hydrogen-bond acceptors (Lipinski definition) is 6. The van der Waals surface area contributed by atoms with Crippen LogP contribution in [0.4, 0.5) is 4.79 Å². The van der Waals surface area contributed by atoms with Crippen LogP contribution >= 0.6 is 0 Å². The van der Waals surface area contributed by atoms with E-state index in [9.17, 15) is 4.79 Å². The molecule has 1 N–H and O–H groups in total. The highest BCUT2D eigenvalue weighted by atomic mass is 16.6. The normalized spacial score (nSPS) is 33.2. The minimum absolute atomic E-state index is 0.0521. The lowest BCUT2D eigenvalue weighted by atomic mass is 9.64. The van der Waals surface area contributed by atoms with Crippen LogP contribution in [-0.4, -0.2) is 78.1 Å². The van der Waals surface area contributed by atoms with E-state index < -0.39 is 0 Å². The second kappa shape index (κ2) is 8.09.